The maximum atomic E-state index is 11.8. The molecule has 0 fully saturated rings. The number of carbonyl (C=O) groups excluding carboxylic acids is 1. The molecule has 3 N–H and O–H groups in total. The second kappa shape index (κ2) is 7.87. The summed E-state index contributed by atoms with van der Waals surface area (Å²) in [6.45, 7) is 7.21. The number of para-hydroxylation sites is 1. The highest BCUT2D eigenvalue weighted by molar-refractivity contribution is 5.86. The highest BCUT2D eigenvalue weighted by Crippen LogP contribution is 2.28. The molecule has 1 heterocycles. The molecule has 0 spiro atoms. The number of benzene rings is 1. The van der Waals surface area contributed by atoms with Gasteiger partial charge < -0.3 is 16.0 Å². The first kappa shape index (κ1) is 20.0. The summed E-state index contributed by atoms with van der Waals surface area (Å²) in [6.07, 6.45) is 1.08. The predicted molar refractivity (Wildman–Crippen MR) is 92.7 cm³/mol. The Kier molecular flexibility index (Phi) is 7.51. The van der Waals surface area contributed by atoms with Crippen molar-refractivity contribution in [3.05, 3.63) is 29.8 Å². The first-order valence-electron chi connectivity index (χ1n) is 6.81. The van der Waals surface area contributed by atoms with Gasteiger partial charge in [0.1, 0.15) is 0 Å². The van der Waals surface area contributed by atoms with Crippen LogP contribution in [-0.2, 0) is 11.2 Å². The molecule has 1 aliphatic heterocycles. The molecule has 120 valence electrons. The van der Waals surface area contributed by atoms with E-state index in [2.05, 4.69) is 41.4 Å². The number of halogens is 2. The predicted octanol–water partition coefficient (Wildman–Crippen LogP) is 2.13. The molecule has 1 aromatic rings. The summed E-state index contributed by atoms with van der Waals surface area (Å²) in [6, 6.07) is 8.73. The largest absolute Gasteiger partial charge is 0.366 e. The molecule has 6 heteroatoms. The van der Waals surface area contributed by atoms with E-state index in [9.17, 15) is 4.79 Å². The Morgan fingerprint density at radius 1 is 1.38 bits per heavy atom. The first-order chi connectivity index (χ1) is 8.89. The van der Waals surface area contributed by atoms with Crippen molar-refractivity contribution in [2.24, 2.45) is 5.73 Å². The number of amides is 1. The molecular formula is C15H25Cl2N3O. The van der Waals surface area contributed by atoms with Crippen molar-refractivity contribution in [1.82, 2.24) is 5.32 Å². The number of rotatable bonds is 4. The van der Waals surface area contributed by atoms with Gasteiger partial charge in [0.05, 0.1) is 5.54 Å². The second-order valence-electron chi connectivity index (χ2n) is 5.85. The van der Waals surface area contributed by atoms with Gasteiger partial charge >= 0.3 is 0 Å². The topological polar surface area (TPSA) is 58.4 Å². The summed E-state index contributed by atoms with van der Waals surface area (Å²) in [4.78, 5) is 14.1. The van der Waals surface area contributed by atoms with Gasteiger partial charge in [-0.1, -0.05) is 18.2 Å². The third kappa shape index (κ3) is 4.77. The molecule has 2 rings (SSSR count). The van der Waals surface area contributed by atoms with Gasteiger partial charge in [0.25, 0.3) is 0 Å². The molecule has 1 atom stereocenters. The lowest BCUT2D eigenvalue weighted by molar-refractivity contribution is -0.125. The maximum Gasteiger partial charge on any atom is 0.239 e. The van der Waals surface area contributed by atoms with E-state index in [0.29, 0.717) is 6.54 Å². The van der Waals surface area contributed by atoms with Crippen LogP contribution in [0.4, 0.5) is 5.69 Å². The Balaban J connectivity index is 0.00000200. The van der Waals surface area contributed by atoms with Crippen LogP contribution in [-0.4, -0.2) is 30.6 Å². The third-order valence-electron chi connectivity index (χ3n) is 3.60. The lowest BCUT2D eigenvalue weighted by Crippen LogP contribution is -2.52. The van der Waals surface area contributed by atoms with Crippen LogP contribution in [0.1, 0.15) is 26.3 Å². The van der Waals surface area contributed by atoms with Crippen molar-refractivity contribution in [3.8, 4) is 0 Å². The molecule has 4 nitrogen and oxygen atoms in total. The minimum atomic E-state index is -0.817. The first-order valence-corrected chi connectivity index (χ1v) is 6.81. The summed E-state index contributed by atoms with van der Waals surface area (Å²) in [5.41, 5.74) is 7.63. The van der Waals surface area contributed by atoms with Crippen LogP contribution < -0.4 is 16.0 Å². The van der Waals surface area contributed by atoms with Gasteiger partial charge in [-0.05, 0) is 38.8 Å². The zero-order valence-corrected chi connectivity index (χ0v) is 14.4. The number of carbonyl (C=O) groups is 1. The standard InChI is InChI=1S/C15H23N3O.2ClH/c1-11(10-17-14(19)15(2,3)16)18-9-8-12-6-4-5-7-13(12)18;;/h4-7,11H,8-10,16H2,1-3H3,(H,17,19);2*1H. The molecule has 0 saturated heterocycles. The van der Waals surface area contributed by atoms with E-state index in [4.69, 9.17) is 5.73 Å². The van der Waals surface area contributed by atoms with Crippen molar-refractivity contribution in [2.45, 2.75) is 38.8 Å². The zero-order valence-electron chi connectivity index (χ0n) is 12.8. The lowest BCUT2D eigenvalue weighted by atomic mass is 10.1. The number of hydrogen-bond donors (Lipinski definition) is 2. The van der Waals surface area contributed by atoms with E-state index in [1.807, 2.05) is 0 Å². The molecule has 1 amide bonds. The normalized spacial score (nSPS) is 14.6. The number of anilines is 1. The molecule has 21 heavy (non-hydrogen) atoms. The average molecular weight is 334 g/mol. The van der Waals surface area contributed by atoms with Crippen LogP contribution in [0.5, 0.6) is 0 Å². The van der Waals surface area contributed by atoms with Crippen LogP contribution in [0, 0.1) is 0 Å². The second-order valence-corrected chi connectivity index (χ2v) is 5.85. The lowest BCUT2D eigenvalue weighted by Gasteiger charge is -2.28. The van der Waals surface area contributed by atoms with Gasteiger partial charge in [-0.25, -0.2) is 0 Å². The van der Waals surface area contributed by atoms with E-state index in [1.165, 1.54) is 11.3 Å². The average Bonchev–Trinajstić information content (AvgIpc) is 2.78. The number of nitrogens with one attached hydrogen (secondary N) is 1. The van der Waals surface area contributed by atoms with Gasteiger partial charge in [-0.3, -0.25) is 4.79 Å². The Morgan fingerprint density at radius 2 is 2.00 bits per heavy atom. The summed E-state index contributed by atoms with van der Waals surface area (Å²) in [5.74, 6) is -0.105. The summed E-state index contributed by atoms with van der Waals surface area (Å²) in [7, 11) is 0. The number of fused-ring (bicyclic) bond motifs is 1. The van der Waals surface area contributed by atoms with E-state index < -0.39 is 5.54 Å². The van der Waals surface area contributed by atoms with Crippen LogP contribution in [0.25, 0.3) is 0 Å². The van der Waals surface area contributed by atoms with Crippen LogP contribution in [0.2, 0.25) is 0 Å². The minimum absolute atomic E-state index is 0. The van der Waals surface area contributed by atoms with E-state index in [1.54, 1.807) is 13.8 Å². The van der Waals surface area contributed by atoms with Gasteiger partial charge in [-0.2, -0.15) is 0 Å². The maximum absolute atomic E-state index is 11.8. The van der Waals surface area contributed by atoms with Crippen molar-refractivity contribution in [3.63, 3.8) is 0 Å². The number of hydrogen-bond acceptors (Lipinski definition) is 3. The van der Waals surface area contributed by atoms with Gasteiger partial charge in [0, 0.05) is 24.8 Å². The monoisotopic (exact) mass is 333 g/mol. The summed E-state index contributed by atoms with van der Waals surface area (Å²) >= 11 is 0. The van der Waals surface area contributed by atoms with Crippen LogP contribution in [0.15, 0.2) is 24.3 Å². The van der Waals surface area contributed by atoms with Crippen molar-refractivity contribution < 1.29 is 4.79 Å². The number of nitrogens with two attached hydrogens (primary N) is 1. The molecule has 1 aliphatic rings. The summed E-state index contributed by atoms with van der Waals surface area (Å²) < 4.78 is 0. The van der Waals surface area contributed by atoms with E-state index >= 15 is 0 Å². The van der Waals surface area contributed by atoms with Gasteiger partial charge in [0.15, 0.2) is 0 Å². The van der Waals surface area contributed by atoms with Crippen molar-refractivity contribution >= 4 is 36.4 Å². The SMILES string of the molecule is CC(CNC(=O)C(C)(C)N)N1CCc2ccccc21.Cl.Cl. The van der Waals surface area contributed by atoms with Crippen LogP contribution >= 0.6 is 24.8 Å². The van der Waals surface area contributed by atoms with Crippen LogP contribution in [0.3, 0.4) is 0 Å². The highest BCUT2D eigenvalue weighted by Gasteiger charge is 2.25. The fraction of sp³-hybridized carbons (Fsp3) is 0.533. The number of nitrogens with zero attached hydrogens (tertiary/aromatic N) is 1. The molecule has 0 aliphatic carbocycles. The van der Waals surface area contributed by atoms with E-state index in [-0.39, 0.29) is 36.8 Å². The molecule has 1 aromatic carbocycles. The molecule has 0 aromatic heterocycles. The molecule has 1 unspecified atom stereocenters. The minimum Gasteiger partial charge on any atom is -0.366 e. The Labute approximate surface area is 139 Å². The van der Waals surface area contributed by atoms with Crippen molar-refractivity contribution in [1.29, 1.82) is 0 Å². The fourth-order valence-electron chi connectivity index (χ4n) is 2.40. The smallest absolute Gasteiger partial charge is 0.239 e. The molecular weight excluding hydrogens is 309 g/mol. The van der Waals surface area contributed by atoms with Gasteiger partial charge in [0.2, 0.25) is 5.91 Å². The third-order valence-corrected chi connectivity index (χ3v) is 3.60. The van der Waals surface area contributed by atoms with Gasteiger partial charge in [-0.15, -0.1) is 24.8 Å². The highest BCUT2D eigenvalue weighted by atomic mass is 35.5. The molecule has 0 bridgehead atoms. The Bertz CT molecular complexity index is 474. The molecule has 0 saturated carbocycles. The quantitative estimate of drug-likeness (QED) is 0.887. The fourth-order valence-corrected chi connectivity index (χ4v) is 2.40. The van der Waals surface area contributed by atoms with Crippen molar-refractivity contribution in [2.75, 3.05) is 18.0 Å². The zero-order chi connectivity index (χ0) is 14.0. The van der Waals surface area contributed by atoms with E-state index in [0.717, 1.165) is 13.0 Å². The Morgan fingerprint density at radius 3 is 2.62 bits per heavy atom. The summed E-state index contributed by atoms with van der Waals surface area (Å²) in [5, 5.41) is 2.92. The Hall–Kier alpha value is -0.970. The molecule has 0 radical (unpaired) electrons.